The molecule has 96 valence electrons. The van der Waals surface area contributed by atoms with Crippen molar-refractivity contribution in [3.63, 3.8) is 0 Å². The molecule has 0 radical (unpaired) electrons. The lowest BCUT2D eigenvalue weighted by atomic mass is 10.2. The van der Waals surface area contributed by atoms with Crippen LogP contribution in [0.4, 0.5) is 5.82 Å². The van der Waals surface area contributed by atoms with Crippen molar-refractivity contribution in [2.24, 2.45) is 0 Å². The Kier molecular flexibility index (Phi) is 3.84. The van der Waals surface area contributed by atoms with Crippen molar-refractivity contribution in [2.45, 2.75) is 6.61 Å². The second kappa shape index (κ2) is 5.74. The zero-order valence-corrected chi connectivity index (χ0v) is 10.5. The number of hydrogen-bond donors (Lipinski definition) is 1. The van der Waals surface area contributed by atoms with Gasteiger partial charge in [0, 0.05) is 6.07 Å². The third kappa shape index (κ3) is 3.36. The molecule has 0 aliphatic rings. The maximum atomic E-state index is 8.91. The summed E-state index contributed by atoms with van der Waals surface area (Å²) in [6.07, 6.45) is 0. The molecular formula is C14H13N3O2. The van der Waals surface area contributed by atoms with E-state index in [9.17, 15) is 0 Å². The Morgan fingerprint density at radius 3 is 2.74 bits per heavy atom. The molecule has 1 aromatic heterocycles. The topological polar surface area (TPSA) is 81.2 Å². The van der Waals surface area contributed by atoms with E-state index < -0.39 is 0 Å². The summed E-state index contributed by atoms with van der Waals surface area (Å²) in [4.78, 5) is 4.13. The van der Waals surface area contributed by atoms with Crippen molar-refractivity contribution in [1.82, 2.24) is 4.98 Å². The molecule has 0 spiro atoms. The van der Waals surface area contributed by atoms with E-state index in [1.807, 2.05) is 12.1 Å². The Morgan fingerprint density at radius 2 is 2.05 bits per heavy atom. The zero-order chi connectivity index (χ0) is 13.7. The van der Waals surface area contributed by atoms with Crippen LogP contribution >= 0.6 is 0 Å². The first-order valence-electron chi connectivity index (χ1n) is 5.64. The molecule has 2 N–H and O–H groups in total. The van der Waals surface area contributed by atoms with Crippen LogP contribution in [0.3, 0.4) is 0 Å². The van der Waals surface area contributed by atoms with Crippen LogP contribution in [0, 0.1) is 11.3 Å². The van der Waals surface area contributed by atoms with E-state index >= 15 is 0 Å². The number of pyridine rings is 1. The number of anilines is 1. The minimum absolute atomic E-state index is 0.281. The smallest absolute Gasteiger partial charge is 0.130 e. The second-order valence-electron chi connectivity index (χ2n) is 3.85. The van der Waals surface area contributed by atoms with Crippen molar-refractivity contribution in [3.8, 4) is 17.6 Å². The molecule has 5 nitrogen and oxygen atoms in total. The molecule has 0 saturated carbocycles. The number of benzene rings is 1. The molecule has 0 bridgehead atoms. The van der Waals surface area contributed by atoms with Crippen molar-refractivity contribution in [1.29, 1.82) is 5.26 Å². The monoisotopic (exact) mass is 255 g/mol. The lowest BCUT2D eigenvalue weighted by Crippen LogP contribution is -2.01. The fourth-order valence-corrected chi connectivity index (χ4v) is 1.57. The zero-order valence-electron chi connectivity index (χ0n) is 10.5. The number of nitrogens with two attached hydrogens (primary N) is 1. The molecule has 0 aliphatic heterocycles. The predicted octanol–water partition coefficient (Wildman–Crippen LogP) is 2.12. The number of hydrogen-bond acceptors (Lipinski definition) is 5. The van der Waals surface area contributed by atoms with Crippen LogP contribution in [0.5, 0.6) is 11.5 Å². The number of nitrogens with zero attached hydrogens (tertiary/aromatic N) is 2. The average molecular weight is 255 g/mol. The average Bonchev–Trinajstić information content (AvgIpc) is 2.44. The number of methoxy groups -OCH3 is 1. The quantitative estimate of drug-likeness (QED) is 0.905. The highest BCUT2D eigenvalue weighted by molar-refractivity contribution is 5.43. The number of nitriles is 1. The molecule has 0 aliphatic carbocycles. The van der Waals surface area contributed by atoms with Gasteiger partial charge < -0.3 is 15.2 Å². The maximum absolute atomic E-state index is 8.91. The molecule has 5 heteroatoms. The Bertz CT molecular complexity index is 620. The third-order valence-corrected chi connectivity index (χ3v) is 2.46. The van der Waals surface area contributed by atoms with Crippen LogP contribution in [0.1, 0.15) is 11.3 Å². The van der Waals surface area contributed by atoms with Gasteiger partial charge in [0.2, 0.25) is 0 Å². The lowest BCUT2D eigenvalue weighted by molar-refractivity contribution is 0.299. The normalized spacial score (nSPS) is 9.68. The van der Waals surface area contributed by atoms with Crippen molar-refractivity contribution < 1.29 is 9.47 Å². The summed E-state index contributed by atoms with van der Waals surface area (Å²) in [6, 6.07) is 12.4. The van der Waals surface area contributed by atoms with E-state index in [0.29, 0.717) is 22.9 Å². The van der Waals surface area contributed by atoms with Gasteiger partial charge >= 0.3 is 0 Å². The molecule has 2 rings (SSSR count). The Hall–Kier alpha value is -2.74. The summed E-state index contributed by atoms with van der Waals surface area (Å²) < 4.78 is 10.7. The van der Waals surface area contributed by atoms with Gasteiger partial charge in [-0.05, 0) is 24.3 Å². The molecule has 1 aromatic carbocycles. The Morgan fingerprint density at radius 1 is 1.26 bits per heavy atom. The van der Waals surface area contributed by atoms with Gasteiger partial charge in [0.1, 0.15) is 23.9 Å². The molecular weight excluding hydrogens is 242 g/mol. The van der Waals surface area contributed by atoms with Gasteiger partial charge in [-0.3, -0.25) is 0 Å². The molecule has 0 atom stereocenters. The summed E-state index contributed by atoms with van der Waals surface area (Å²) in [5, 5.41) is 8.91. The fourth-order valence-electron chi connectivity index (χ4n) is 1.57. The highest BCUT2D eigenvalue weighted by Gasteiger charge is 2.03. The van der Waals surface area contributed by atoms with Gasteiger partial charge in [0.05, 0.1) is 24.4 Å². The number of ether oxygens (including phenoxy) is 2. The van der Waals surface area contributed by atoms with E-state index in [1.165, 1.54) is 0 Å². The minimum atomic E-state index is 0.281. The molecule has 19 heavy (non-hydrogen) atoms. The van der Waals surface area contributed by atoms with Crippen LogP contribution in [0.25, 0.3) is 0 Å². The number of rotatable bonds is 4. The maximum Gasteiger partial charge on any atom is 0.130 e. The first-order valence-corrected chi connectivity index (χ1v) is 5.64. The van der Waals surface area contributed by atoms with Crippen LogP contribution in [0.2, 0.25) is 0 Å². The van der Waals surface area contributed by atoms with E-state index in [4.69, 9.17) is 20.5 Å². The lowest BCUT2D eigenvalue weighted by Gasteiger charge is -2.08. The van der Waals surface area contributed by atoms with Crippen molar-refractivity contribution >= 4 is 5.82 Å². The Balaban J connectivity index is 2.13. The molecule has 1 heterocycles. The van der Waals surface area contributed by atoms with Crippen LogP contribution in [-0.2, 0) is 6.61 Å². The molecule has 0 amide bonds. The molecule has 0 unspecified atom stereocenters. The summed E-state index contributed by atoms with van der Waals surface area (Å²) in [7, 11) is 1.54. The van der Waals surface area contributed by atoms with Gasteiger partial charge in [0.25, 0.3) is 0 Å². The standard InChI is InChI=1S/C14H13N3O2/c1-18-12-5-10(8-15)6-13(7-12)19-9-11-3-2-4-14(16)17-11/h2-7H,9H2,1H3,(H2,16,17). The highest BCUT2D eigenvalue weighted by Crippen LogP contribution is 2.23. The molecule has 0 fully saturated rings. The van der Waals surface area contributed by atoms with Crippen LogP contribution in [-0.4, -0.2) is 12.1 Å². The van der Waals surface area contributed by atoms with Crippen LogP contribution < -0.4 is 15.2 Å². The number of aromatic nitrogens is 1. The van der Waals surface area contributed by atoms with Gasteiger partial charge in [-0.25, -0.2) is 4.98 Å². The van der Waals surface area contributed by atoms with Gasteiger partial charge in [-0.15, -0.1) is 0 Å². The Labute approximate surface area is 111 Å². The predicted molar refractivity (Wildman–Crippen MR) is 70.7 cm³/mol. The summed E-state index contributed by atoms with van der Waals surface area (Å²) in [5.41, 5.74) is 6.79. The van der Waals surface area contributed by atoms with Crippen LogP contribution in [0.15, 0.2) is 36.4 Å². The largest absolute Gasteiger partial charge is 0.497 e. The summed E-state index contributed by atoms with van der Waals surface area (Å²) >= 11 is 0. The molecule has 2 aromatic rings. The van der Waals surface area contributed by atoms with Crippen molar-refractivity contribution in [2.75, 3.05) is 12.8 Å². The number of nitrogen functional groups attached to an aromatic ring is 1. The summed E-state index contributed by atoms with van der Waals surface area (Å²) in [6.45, 7) is 0.281. The van der Waals surface area contributed by atoms with Gasteiger partial charge in [-0.2, -0.15) is 5.26 Å². The van der Waals surface area contributed by atoms with Gasteiger partial charge in [-0.1, -0.05) is 6.07 Å². The van der Waals surface area contributed by atoms with E-state index in [-0.39, 0.29) is 6.61 Å². The summed E-state index contributed by atoms with van der Waals surface area (Å²) in [5.74, 6) is 1.58. The first-order chi connectivity index (χ1) is 9.21. The fraction of sp³-hybridized carbons (Fsp3) is 0.143. The third-order valence-electron chi connectivity index (χ3n) is 2.46. The highest BCUT2D eigenvalue weighted by atomic mass is 16.5. The minimum Gasteiger partial charge on any atom is -0.497 e. The SMILES string of the molecule is COc1cc(C#N)cc(OCc2cccc(N)n2)c1. The molecule has 0 saturated heterocycles. The van der Waals surface area contributed by atoms with Crippen molar-refractivity contribution in [3.05, 3.63) is 47.7 Å². The van der Waals surface area contributed by atoms with E-state index in [2.05, 4.69) is 11.1 Å². The van der Waals surface area contributed by atoms with E-state index in [1.54, 1.807) is 31.4 Å². The second-order valence-corrected chi connectivity index (χ2v) is 3.85. The first kappa shape index (κ1) is 12.7. The van der Waals surface area contributed by atoms with E-state index in [0.717, 1.165) is 5.69 Å². The van der Waals surface area contributed by atoms with Gasteiger partial charge in [0.15, 0.2) is 0 Å².